The van der Waals surface area contributed by atoms with Gasteiger partial charge in [0.1, 0.15) is 0 Å². The number of ether oxygens (including phenoxy) is 3. The van der Waals surface area contributed by atoms with Gasteiger partial charge in [-0.3, -0.25) is 0 Å². The van der Waals surface area contributed by atoms with Crippen molar-refractivity contribution in [2.45, 2.75) is 26.3 Å². The van der Waals surface area contributed by atoms with Crippen molar-refractivity contribution in [1.29, 1.82) is 0 Å². The van der Waals surface area contributed by atoms with Crippen LogP contribution in [0.5, 0.6) is 11.5 Å². The molecule has 0 amide bonds. The van der Waals surface area contributed by atoms with E-state index < -0.39 is 0 Å². The fraction of sp³-hybridized carbons (Fsp3) is 0.538. The molecule has 1 aromatic rings. The fourth-order valence-corrected chi connectivity index (χ4v) is 2.24. The van der Waals surface area contributed by atoms with Crippen molar-refractivity contribution < 1.29 is 14.2 Å². The van der Waals surface area contributed by atoms with Crippen LogP contribution < -0.4 is 15.2 Å². The van der Waals surface area contributed by atoms with E-state index in [1.54, 1.807) is 7.11 Å². The number of methoxy groups -OCH3 is 1. The summed E-state index contributed by atoms with van der Waals surface area (Å²) in [5, 5.41) is 0. The van der Waals surface area contributed by atoms with E-state index in [0.717, 1.165) is 16.5 Å². The smallest absolute Gasteiger partial charge is 0.188 e. The summed E-state index contributed by atoms with van der Waals surface area (Å²) in [5.41, 5.74) is 6.93. The molecular weight excluding hydrogens is 298 g/mol. The van der Waals surface area contributed by atoms with Crippen LogP contribution in [0.15, 0.2) is 16.6 Å². The molecule has 1 atom stereocenters. The van der Waals surface area contributed by atoms with Crippen LogP contribution in [0.4, 0.5) is 0 Å². The summed E-state index contributed by atoms with van der Waals surface area (Å²) in [4.78, 5) is 0. The van der Waals surface area contributed by atoms with E-state index >= 15 is 0 Å². The maximum atomic E-state index is 5.81. The molecule has 18 heavy (non-hydrogen) atoms. The van der Waals surface area contributed by atoms with Gasteiger partial charge in [-0.15, -0.1) is 0 Å². The predicted molar refractivity (Wildman–Crippen MR) is 75.2 cm³/mol. The Hall–Kier alpha value is -0.780. The Kier molecular flexibility index (Phi) is 6.46. The lowest BCUT2D eigenvalue weighted by Crippen LogP contribution is -2.17. The molecule has 5 heteroatoms. The van der Waals surface area contributed by atoms with Crippen molar-refractivity contribution in [3.05, 3.63) is 22.2 Å². The molecule has 0 fully saturated rings. The third-order valence-corrected chi connectivity index (χ3v) is 2.84. The molecule has 1 rings (SSSR count). The molecule has 1 aromatic carbocycles. The van der Waals surface area contributed by atoms with Gasteiger partial charge in [-0.05, 0) is 53.9 Å². The highest BCUT2D eigenvalue weighted by Gasteiger charge is 2.13. The fourth-order valence-electron chi connectivity index (χ4n) is 1.63. The summed E-state index contributed by atoms with van der Waals surface area (Å²) in [6, 6.07) is 4.07. The molecule has 4 nitrogen and oxygen atoms in total. The largest absolute Gasteiger partial charge is 0.490 e. The Morgan fingerprint density at radius 1 is 1.33 bits per heavy atom. The number of nitrogens with two attached hydrogens (primary N) is 1. The minimum atomic E-state index is 0.108. The van der Waals surface area contributed by atoms with Crippen LogP contribution in [-0.4, -0.2) is 26.6 Å². The molecule has 0 spiro atoms. The van der Waals surface area contributed by atoms with Crippen LogP contribution in [-0.2, 0) is 11.2 Å². The van der Waals surface area contributed by atoms with Gasteiger partial charge in [0.25, 0.3) is 0 Å². The highest BCUT2D eigenvalue weighted by atomic mass is 79.9. The summed E-state index contributed by atoms with van der Waals surface area (Å²) >= 11 is 3.49. The first-order valence-electron chi connectivity index (χ1n) is 5.91. The van der Waals surface area contributed by atoms with Crippen LogP contribution in [0.2, 0.25) is 0 Å². The number of hydrogen-bond acceptors (Lipinski definition) is 4. The average Bonchev–Trinajstić information content (AvgIpc) is 2.27. The second kappa shape index (κ2) is 7.61. The van der Waals surface area contributed by atoms with Crippen molar-refractivity contribution >= 4 is 15.9 Å². The van der Waals surface area contributed by atoms with Gasteiger partial charge in [-0.1, -0.05) is 0 Å². The van der Waals surface area contributed by atoms with E-state index in [9.17, 15) is 0 Å². The van der Waals surface area contributed by atoms with E-state index in [-0.39, 0.29) is 12.8 Å². The first kappa shape index (κ1) is 15.3. The van der Waals surface area contributed by atoms with Gasteiger partial charge in [0.05, 0.1) is 11.1 Å². The Labute approximate surface area is 117 Å². The Morgan fingerprint density at radius 3 is 2.61 bits per heavy atom. The SMILES string of the molecule is CCOc1cc(CC(C)N)cc(Br)c1OCOC. The number of benzene rings is 1. The van der Waals surface area contributed by atoms with Crippen molar-refractivity contribution in [1.82, 2.24) is 0 Å². The lowest BCUT2D eigenvalue weighted by Gasteiger charge is -2.15. The zero-order chi connectivity index (χ0) is 13.5. The zero-order valence-corrected chi connectivity index (χ0v) is 12.6. The molecule has 1 unspecified atom stereocenters. The van der Waals surface area contributed by atoms with Crippen LogP contribution in [0.1, 0.15) is 19.4 Å². The molecule has 0 radical (unpaired) electrons. The Bertz CT molecular complexity index is 383. The number of rotatable bonds is 7. The van der Waals surface area contributed by atoms with E-state index in [4.69, 9.17) is 19.9 Å². The third kappa shape index (κ3) is 4.48. The predicted octanol–water partition coefficient (Wildman–Crippen LogP) is 2.72. The molecule has 0 heterocycles. The van der Waals surface area contributed by atoms with E-state index in [1.165, 1.54) is 0 Å². The quantitative estimate of drug-likeness (QED) is 0.786. The topological polar surface area (TPSA) is 53.7 Å². The van der Waals surface area contributed by atoms with Crippen LogP contribution >= 0.6 is 15.9 Å². The van der Waals surface area contributed by atoms with Gasteiger partial charge in [-0.25, -0.2) is 0 Å². The minimum Gasteiger partial charge on any atom is -0.490 e. The minimum absolute atomic E-state index is 0.108. The number of halogens is 1. The summed E-state index contributed by atoms with van der Waals surface area (Å²) in [6.07, 6.45) is 0.795. The first-order chi connectivity index (χ1) is 8.58. The summed E-state index contributed by atoms with van der Waals surface area (Å²) < 4.78 is 16.8. The molecule has 2 N–H and O–H groups in total. The highest BCUT2D eigenvalue weighted by molar-refractivity contribution is 9.10. The van der Waals surface area contributed by atoms with Gasteiger partial charge < -0.3 is 19.9 Å². The molecular formula is C13H20BrNO3. The summed E-state index contributed by atoms with van der Waals surface area (Å²) in [5.74, 6) is 1.37. The normalized spacial score (nSPS) is 12.3. The average molecular weight is 318 g/mol. The van der Waals surface area contributed by atoms with Crippen molar-refractivity contribution in [2.24, 2.45) is 5.73 Å². The molecule has 0 aliphatic rings. The second-order valence-electron chi connectivity index (χ2n) is 4.07. The van der Waals surface area contributed by atoms with E-state index in [0.29, 0.717) is 18.1 Å². The standard InChI is InChI=1S/C13H20BrNO3/c1-4-17-12-7-10(5-9(2)15)6-11(14)13(12)18-8-16-3/h6-7,9H,4-5,8,15H2,1-3H3. The molecule has 0 aliphatic heterocycles. The highest BCUT2D eigenvalue weighted by Crippen LogP contribution is 2.37. The van der Waals surface area contributed by atoms with Crippen molar-refractivity contribution in [3.8, 4) is 11.5 Å². The third-order valence-electron chi connectivity index (χ3n) is 2.25. The Morgan fingerprint density at radius 2 is 2.06 bits per heavy atom. The van der Waals surface area contributed by atoms with E-state index in [2.05, 4.69) is 15.9 Å². The van der Waals surface area contributed by atoms with Gasteiger partial charge in [-0.2, -0.15) is 0 Å². The van der Waals surface area contributed by atoms with Crippen LogP contribution in [0.3, 0.4) is 0 Å². The molecule has 0 bridgehead atoms. The van der Waals surface area contributed by atoms with Gasteiger partial charge in [0.2, 0.25) is 0 Å². The molecule has 0 saturated carbocycles. The van der Waals surface area contributed by atoms with Gasteiger partial charge >= 0.3 is 0 Å². The summed E-state index contributed by atoms with van der Waals surface area (Å²) in [7, 11) is 1.58. The monoisotopic (exact) mass is 317 g/mol. The van der Waals surface area contributed by atoms with Crippen molar-refractivity contribution in [3.63, 3.8) is 0 Å². The molecule has 102 valence electrons. The first-order valence-corrected chi connectivity index (χ1v) is 6.70. The maximum Gasteiger partial charge on any atom is 0.188 e. The second-order valence-corrected chi connectivity index (χ2v) is 4.92. The molecule has 0 aromatic heterocycles. The van der Waals surface area contributed by atoms with Gasteiger partial charge in [0, 0.05) is 13.2 Å². The zero-order valence-electron chi connectivity index (χ0n) is 11.0. The van der Waals surface area contributed by atoms with Gasteiger partial charge in [0.15, 0.2) is 18.3 Å². The lowest BCUT2D eigenvalue weighted by atomic mass is 10.1. The molecule has 0 aliphatic carbocycles. The lowest BCUT2D eigenvalue weighted by molar-refractivity contribution is 0.0481. The van der Waals surface area contributed by atoms with Crippen LogP contribution in [0.25, 0.3) is 0 Å². The van der Waals surface area contributed by atoms with Crippen LogP contribution in [0, 0.1) is 0 Å². The molecule has 0 saturated heterocycles. The van der Waals surface area contributed by atoms with Crippen molar-refractivity contribution in [2.75, 3.05) is 20.5 Å². The Balaban J connectivity index is 3.01. The maximum absolute atomic E-state index is 5.81. The van der Waals surface area contributed by atoms with E-state index in [1.807, 2.05) is 26.0 Å². The summed E-state index contributed by atoms with van der Waals surface area (Å²) in [6.45, 7) is 4.68. The number of hydrogen-bond donors (Lipinski definition) is 1.